The molecule has 10 heteroatoms. The van der Waals surface area contributed by atoms with Crippen molar-refractivity contribution in [3.63, 3.8) is 0 Å². The first-order chi connectivity index (χ1) is 14.5. The zero-order valence-electron chi connectivity index (χ0n) is 16.7. The molecule has 1 aromatic carbocycles. The van der Waals surface area contributed by atoms with Crippen LogP contribution in [0.5, 0.6) is 0 Å². The molecular formula is C20H25N3O5S2. The van der Waals surface area contributed by atoms with Crippen LogP contribution in [0.2, 0.25) is 0 Å². The third-order valence-electron chi connectivity index (χ3n) is 5.37. The first kappa shape index (κ1) is 21.3. The van der Waals surface area contributed by atoms with Gasteiger partial charge in [0.25, 0.3) is 5.22 Å². The Bertz CT molecular complexity index is 963. The Labute approximate surface area is 180 Å². The highest BCUT2D eigenvalue weighted by molar-refractivity contribution is 7.99. The second-order valence-electron chi connectivity index (χ2n) is 7.55. The van der Waals surface area contributed by atoms with Crippen molar-refractivity contribution in [1.29, 1.82) is 0 Å². The number of nitrogens with zero attached hydrogens (tertiary/aromatic N) is 3. The molecule has 0 bridgehead atoms. The van der Waals surface area contributed by atoms with Gasteiger partial charge in [0.1, 0.15) is 11.9 Å². The minimum atomic E-state index is -3.45. The molecule has 0 radical (unpaired) electrons. The summed E-state index contributed by atoms with van der Waals surface area (Å²) in [6.07, 6.45) is 7.11. The number of hydrogen-bond donors (Lipinski definition) is 0. The quantitative estimate of drug-likeness (QED) is 0.466. The third kappa shape index (κ3) is 5.04. The Morgan fingerprint density at radius 1 is 1.07 bits per heavy atom. The summed E-state index contributed by atoms with van der Waals surface area (Å²) >= 11 is 1.14. The van der Waals surface area contributed by atoms with Crippen LogP contribution in [0, 0.1) is 0 Å². The second kappa shape index (κ2) is 9.49. The van der Waals surface area contributed by atoms with Gasteiger partial charge in [-0.05, 0) is 62.8 Å². The lowest BCUT2D eigenvalue weighted by Crippen LogP contribution is -2.27. The third-order valence-corrected chi connectivity index (χ3v) is 8.08. The van der Waals surface area contributed by atoms with Gasteiger partial charge in [0, 0.05) is 18.7 Å². The van der Waals surface area contributed by atoms with E-state index in [9.17, 15) is 13.2 Å². The molecule has 1 aromatic heterocycles. The molecule has 4 rings (SSSR count). The summed E-state index contributed by atoms with van der Waals surface area (Å²) in [5.41, 5.74) is 0.625. The number of hydrogen-bond acceptors (Lipinski definition) is 8. The van der Waals surface area contributed by atoms with Gasteiger partial charge in [-0.3, -0.25) is 4.79 Å². The molecule has 0 unspecified atom stereocenters. The minimum absolute atomic E-state index is 0.0282. The lowest BCUT2D eigenvalue weighted by molar-refractivity contribution is -0.147. The average Bonchev–Trinajstić information content (AvgIpc) is 3.46. The van der Waals surface area contributed by atoms with Crippen molar-refractivity contribution in [3.8, 4) is 11.5 Å². The number of sulfonamides is 1. The van der Waals surface area contributed by atoms with Gasteiger partial charge in [-0.1, -0.05) is 18.2 Å². The van der Waals surface area contributed by atoms with Crippen LogP contribution in [0.15, 0.2) is 38.8 Å². The topological polar surface area (TPSA) is 103 Å². The summed E-state index contributed by atoms with van der Waals surface area (Å²) < 4.78 is 37.8. The van der Waals surface area contributed by atoms with E-state index in [1.807, 2.05) is 0 Å². The van der Waals surface area contributed by atoms with Gasteiger partial charge in [-0.25, -0.2) is 8.42 Å². The summed E-state index contributed by atoms with van der Waals surface area (Å²) in [6, 6.07) is 6.42. The number of carbonyl (C=O) groups is 1. The molecule has 1 aliphatic carbocycles. The molecule has 0 atom stereocenters. The van der Waals surface area contributed by atoms with Gasteiger partial charge in [-0.15, -0.1) is 10.2 Å². The van der Waals surface area contributed by atoms with E-state index >= 15 is 0 Å². The van der Waals surface area contributed by atoms with Gasteiger partial charge in [0.15, 0.2) is 0 Å². The number of aromatic nitrogens is 2. The van der Waals surface area contributed by atoms with E-state index in [1.54, 1.807) is 24.3 Å². The van der Waals surface area contributed by atoms with Crippen molar-refractivity contribution in [2.24, 2.45) is 0 Å². The summed E-state index contributed by atoms with van der Waals surface area (Å²) in [6.45, 7) is 1.13. The Hall–Kier alpha value is -1.91. The van der Waals surface area contributed by atoms with Crippen LogP contribution >= 0.6 is 11.8 Å². The number of rotatable bonds is 7. The summed E-state index contributed by atoms with van der Waals surface area (Å²) in [5.74, 6) is 0.122. The number of esters is 1. The highest BCUT2D eigenvalue weighted by atomic mass is 32.2. The van der Waals surface area contributed by atoms with E-state index in [-0.39, 0.29) is 33.8 Å². The van der Waals surface area contributed by atoms with E-state index in [0.717, 1.165) is 50.3 Å². The van der Waals surface area contributed by atoms with Crippen LogP contribution in [-0.4, -0.2) is 53.8 Å². The normalized spacial score (nSPS) is 18.5. The van der Waals surface area contributed by atoms with E-state index in [2.05, 4.69) is 10.2 Å². The molecule has 1 aliphatic heterocycles. The fraction of sp³-hybridized carbons (Fsp3) is 0.550. The van der Waals surface area contributed by atoms with Crippen molar-refractivity contribution >= 4 is 27.8 Å². The second-order valence-corrected chi connectivity index (χ2v) is 10.4. The van der Waals surface area contributed by atoms with Crippen LogP contribution in [-0.2, 0) is 19.6 Å². The van der Waals surface area contributed by atoms with Gasteiger partial charge < -0.3 is 9.15 Å². The highest BCUT2D eigenvalue weighted by Crippen LogP contribution is 2.27. The zero-order chi connectivity index (χ0) is 21.0. The smallest absolute Gasteiger partial charge is 0.316 e. The first-order valence-corrected chi connectivity index (χ1v) is 12.7. The SMILES string of the molecule is O=C(CSc1nnc(-c2ccc(S(=O)(=O)N3CCCC3)cc2)o1)OC1CCCCC1. The summed E-state index contributed by atoms with van der Waals surface area (Å²) in [4.78, 5) is 12.3. The number of thioether (sulfide) groups is 1. The van der Waals surface area contributed by atoms with Crippen LogP contribution < -0.4 is 0 Å². The molecule has 2 heterocycles. The molecule has 0 N–H and O–H groups in total. The van der Waals surface area contributed by atoms with Crippen molar-refractivity contribution < 1.29 is 22.4 Å². The van der Waals surface area contributed by atoms with Gasteiger partial charge >= 0.3 is 5.97 Å². The molecule has 8 nitrogen and oxygen atoms in total. The minimum Gasteiger partial charge on any atom is -0.462 e. The molecular weight excluding hydrogens is 426 g/mol. The fourth-order valence-electron chi connectivity index (χ4n) is 3.76. The van der Waals surface area contributed by atoms with Crippen LogP contribution in [0.4, 0.5) is 0 Å². The van der Waals surface area contributed by atoms with Crippen molar-refractivity contribution in [1.82, 2.24) is 14.5 Å². The molecule has 2 fully saturated rings. The molecule has 2 aliphatic rings. The highest BCUT2D eigenvalue weighted by Gasteiger charge is 2.27. The molecule has 1 saturated heterocycles. The Morgan fingerprint density at radius 2 is 1.77 bits per heavy atom. The maximum Gasteiger partial charge on any atom is 0.316 e. The fourth-order valence-corrected chi connectivity index (χ4v) is 5.82. The summed E-state index contributed by atoms with van der Waals surface area (Å²) in [7, 11) is -3.45. The molecule has 0 amide bonds. The lowest BCUT2D eigenvalue weighted by Gasteiger charge is -2.21. The average molecular weight is 452 g/mol. The van der Waals surface area contributed by atoms with Crippen LogP contribution in [0.3, 0.4) is 0 Å². The van der Waals surface area contributed by atoms with Crippen molar-refractivity contribution in [2.45, 2.75) is 61.2 Å². The van der Waals surface area contributed by atoms with Crippen molar-refractivity contribution in [2.75, 3.05) is 18.8 Å². The predicted octanol–water partition coefficient (Wildman–Crippen LogP) is 3.49. The Kier molecular flexibility index (Phi) is 6.74. The Balaban J connectivity index is 1.33. The first-order valence-electron chi connectivity index (χ1n) is 10.3. The van der Waals surface area contributed by atoms with Crippen molar-refractivity contribution in [3.05, 3.63) is 24.3 Å². The largest absolute Gasteiger partial charge is 0.462 e. The molecule has 162 valence electrons. The maximum absolute atomic E-state index is 12.6. The van der Waals surface area contributed by atoms with E-state index in [4.69, 9.17) is 9.15 Å². The summed E-state index contributed by atoms with van der Waals surface area (Å²) in [5, 5.41) is 8.23. The standard InChI is InChI=1S/C20H25N3O5S2/c24-18(27-16-6-2-1-3-7-16)14-29-20-22-21-19(28-20)15-8-10-17(11-9-15)30(25,26)23-12-4-5-13-23/h8-11,16H,1-7,12-14H2. The zero-order valence-corrected chi connectivity index (χ0v) is 18.3. The van der Waals surface area contributed by atoms with Gasteiger partial charge in [-0.2, -0.15) is 4.31 Å². The van der Waals surface area contributed by atoms with Crippen LogP contribution in [0.1, 0.15) is 44.9 Å². The predicted molar refractivity (Wildman–Crippen MR) is 111 cm³/mol. The number of benzene rings is 1. The lowest BCUT2D eigenvalue weighted by atomic mass is 9.98. The van der Waals surface area contributed by atoms with Crippen LogP contribution in [0.25, 0.3) is 11.5 Å². The monoisotopic (exact) mass is 451 g/mol. The molecule has 0 spiro atoms. The molecule has 30 heavy (non-hydrogen) atoms. The number of carbonyl (C=O) groups excluding carboxylic acids is 1. The Morgan fingerprint density at radius 3 is 2.47 bits per heavy atom. The number of ether oxygens (including phenoxy) is 1. The van der Waals surface area contributed by atoms with E-state index in [1.165, 1.54) is 10.7 Å². The van der Waals surface area contributed by atoms with E-state index in [0.29, 0.717) is 18.7 Å². The molecule has 1 saturated carbocycles. The van der Waals surface area contributed by atoms with Gasteiger partial charge in [0.2, 0.25) is 15.9 Å². The van der Waals surface area contributed by atoms with Gasteiger partial charge in [0.05, 0.1) is 4.90 Å². The maximum atomic E-state index is 12.6. The van der Waals surface area contributed by atoms with E-state index < -0.39 is 10.0 Å². The molecule has 2 aromatic rings.